The summed E-state index contributed by atoms with van der Waals surface area (Å²) in [6.45, 7) is 0.523. The SMILES string of the molecule is O=C[C@@H](OCc1ccccc1)[C@H](OCc1ccccc1)[C@@H](CO)OCc1ccccc1. The van der Waals surface area contributed by atoms with Gasteiger partial charge in [-0.15, -0.1) is 0 Å². The molecule has 5 nitrogen and oxygen atoms in total. The molecular weight excluding hydrogens is 392 g/mol. The minimum absolute atomic E-state index is 0.256. The average molecular weight is 421 g/mol. The number of ether oxygens (including phenoxy) is 3. The van der Waals surface area contributed by atoms with Crippen molar-refractivity contribution >= 4 is 6.29 Å². The Morgan fingerprint density at radius 1 is 0.645 bits per heavy atom. The van der Waals surface area contributed by atoms with E-state index in [1.165, 1.54) is 0 Å². The van der Waals surface area contributed by atoms with Crippen LogP contribution >= 0.6 is 0 Å². The second kappa shape index (κ2) is 12.8. The third-order valence-corrected chi connectivity index (χ3v) is 4.88. The maximum absolute atomic E-state index is 11.9. The van der Waals surface area contributed by atoms with Crippen LogP contribution in [0.1, 0.15) is 16.7 Å². The third kappa shape index (κ3) is 7.42. The van der Waals surface area contributed by atoms with Gasteiger partial charge in [0.1, 0.15) is 18.3 Å². The molecular formula is C26H28O5. The molecule has 0 saturated heterocycles. The van der Waals surface area contributed by atoms with Gasteiger partial charge in [0, 0.05) is 0 Å². The zero-order valence-corrected chi connectivity index (χ0v) is 17.4. The molecule has 0 aromatic heterocycles. The third-order valence-electron chi connectivity index (χ3n) is 4.88. The quantitative estimate of drug-likeness (QED) is 0.425. The first-order valence-corrected chi connectivity index (χ1v) is 10.3. The van der Waals surface area contributed by atoms with Crippen LogP contribution in [0.3, 0.4) is 0 Å². The van der Waals surface area contributed by atoms with Gasteiger partial charge in [0.25, 0.3) is 0 Å². The zero-order valence-electron chi connectivity index (χ0n) is 17.4. The number of hydrogen-bond donors (Lipinski definition) is 1. The number of aldehydes is 1. The van der Waals surface area contributed by atoms with Gasteiger partial charge in [-0.2, -0.15) is 0 Å². The van der Waals surface area contributed by atoms with Gasteiger partial charge in [0.15, 0.2) is 6.29 Å². The number of benzene rings is 3. The second-order valence-electron chi connectivity index (χ2n) is 7.18. The van der Waals surface area contributed by atoms with Crippen LogP contribution in [-0.2, 0) is 38.8 Å². The smallest absolute Gasteiger partial charge is 0.151 e. The molecule has 0 bridgehead atoms. The lowest BCUT2D eigenvalue weighted by molar-refractivity contribution is -0.165. The fourth-order valence-electron chi connectivity index (χ4n) is 3.19. The van der Waals surface area contributed by atoms with Gasteiger partial charge in [-0.1, -0.05) is 91.0 Å². The summed E-state index contributed by atoms with van der Waals surface area (Å²) in [5, 5.41) is 10.0. The molecule has 31 heavy (non-hydrogen) atoms. The molecule has 0 amide bonds. The summed E-state index contributed by atoms with van der Waals surface area (Å²) in [6.07, 6.45) is -1.67. The van der Waals surface area contributed by atoms with Gasteiger partial charge in [-0.05, 0) is 16.7 Å². The molecule has 3 aromatic rings. The number of rotatable bonds is 13. The Kier molecular flexibility index (Phi) is 9.41. The Morgan fingerprint density at radius 3 is 1.48 bits per heavy atom. The van der Waals surface area contributed by atoms with Gasteiger partial charge >= 0.3 is 0 Å². The normalized spacial score (nSPS) is 14.0. The summed E-state index contributed by atoms with van der Waals surface area (Å²) < 4.78 is 17.9. The van der Waals surface area contributed by atoms with Crippen LogP contribution in [0.2, 0.25) is 0 Å². The van der Waals surface area contributed by atoms with E-state index in [0.717, 1.165) is 16.7 Å². The largest absolute Gasteiger partial charge is 0.394 e. The average Bonchev–Trinajstić information content (AvgIpc) is 2.84. The highest BCUT2D eigenvalue weighted by Gasteiger charge is 2.32. The predicted octanol–water partition coefficient (Wildman–Crippen LogP) is 3.93. The van der Waals surface area contributed by atoms with Gasteiger partial charge in [-0.25, -0.2) is 0 Å². The van der Waals surface area contributed by atoms with Crippen molar-refractivity contribution in [3.8, 4) is 0 Å². The lowest BCUT2D eigenvalue weighted by atomic mass is 10.1. The van der Waals surface area contributed by atoms with Gasteiger partial charge in [-0.3, -0.25) is 0 Å². The minimum Gasteiger partial charge on any atom is -0.394 e. The van der Waals surface area contributed by atoms with Crippen molar-refractivity contribution in [2.24, 2.45) is 0 Å². The van der Waals surface area contributed by atoms with Crippen LogP contribution in [0, 0.1) is 0 Å². The van der Waals surface area contributed by atoms with Crippen LogP contribution in [0.25, 0.3) is 0 Å². The van der Waals surface area contributed by atoms with E-state index >= 15 is 0 Å². The lowest BCUT2D eigenvalue weighted by Gasteiger charge is -2.30. The van der Waals surface area contributed by atoms with Crippen molar-refractivity contribution in [2.45, 2.75) is 38.1 Å². The Balaban J connectivity index is 1.71. The van der Waals surface area contributed by atoms with Crippen molar-refractivity contribution in [3.63, 3.8) is 0 Å². The number of carbonyl (C=O) groups is 1. The maximum atomic E-state index is 11.9. The van der Waals surface area contributed by atoms with Crippen LogP contribution in [0.4, 0.5) is 0 Å². The molecule has 1 N–H and O–H groups in total. The molecule has 3 aromatic carbocycles. The molecule has 0 aliphatic rings. The van der Waals surface area contributed by atoms with E-state index in [1.807, 2.05) is 91.0 Å². The van der Waals surface area contributed by atoms with Crippen molar-refractivity contribution in [3.05, 3.63) is 108 Å². The molecule has 3 rings (SSSR count). The first-order valence-electron chi connectivity index (χ1n) is 10.3. The van der Waals surface area contributed by atoms with Gasteiger partial charge in [0.05, 0.1) is 26.4 Å². The molecule has 0 heterocycles. The monoisotopic (exact) mass is 420 g/mol. The Labute approximate surface area is 183 Å². The van der Waals surface area contributed by atoms with Gasteiger partial charge in [0.2, 0.25) is 0 Å². The fourth-order valence-corrected chi connectivity index (χ4v) is 3.19. The minimum atomic E-state index is -0.892. The number of aliphatic hydroxyl groups is 1. The Morgan fingerprint density at radius 2 is 1.06 bits per heavy atom. The standard InChI is InChI=1S/C26H28O5/c27-16-24(29-18-21-10-4-1-5-11-21)26(31-20-23-14-8-3-9-15-23)25(17-28)30-19-22-12-6-2-7-13-22/h1-16,24-26,28H,17-20H2/t24-,25-,26+/m1/s1. The summed E-state index contributed by atoms with van der Waals surface area (Å²) in [7, 11) is 0. The van der Waals surface area contributed by atoms with E-state index in [2.05, 4.69) is 0 Å². The lowest BCUT2D eigenvalue weighted by Crippen LogP contribution is -2.45. The number of hydrogen-bond acceptors (Lipinski definition) is 5. The first kappa shape index (κ1) is 22.8. The molecule has 0 fully saturated rings. The summed E-state index contributed by atoms with van der Waals surface area (Å²) in [6, 6.07) is 28.9. The molecule has 5 heteroatoms. The molecule has 0 saturated carbocycles. The van der Waals surface area contributed by atoms with E-state index < -0.39 is 18.3 Å². The van der Waals surface area contributed by atoms with Crippen LogP contribution in [0.15, 0.2) is 91.0 Å². The van der Waals surface area contributed by atoms with Crippen LogP contribution in [-0.4, -0.2) is 36.3 Å². The fraction of sp³-hybridized carbons (Fsp3) is 0.269. The van der Waals surface area contributed by atoms with Crippen LogP contribution in [0.5, 0.6) is 0 Å². The predicted molar refractivity (Wildman–Crippen MR) is 118 cm³/mol. The topological polar surface area (TPSA) is 65.0 Å². The molecule has 0 radical (unpaired) electrons. The van der Waals surface area contributed by atoms with Gasteiger partial charge < -0.3 is 24.1 Å². The number of aliphatic hydroxyl groups excluding tert-OH is 1. The summed E-state index contributed by atoms with van der Waals surface area (Å²) >= 11 is 0. The summed E-state index contributed by atoms with van der Waals surface area (Å²) in [5.41, 5.74) is 2.87. The van der Waals surface area contributed by atoms with Crippen molar-refractivity contribution in [1.82, 2.24) is 0 Å². The molecule has 0 spiro atoms. The van der Waals surface area contributed by atoms with Crippen molar-refractivity contribution in [2.75, 3.05) is 6.61 Å². The summed E-state index contributed by atoms with van der Waals surface area (Å²) in [4.78, 5) is 11.9. The summed E-state index contributed by atoms with van der Waals surface area (Å²) in [5.74, 6) is 0. The first-order chi connectivity index (χ1) is 15.3. The zero-order chi connectivity index (χ0) is 21.7. The molecule has 3 atom stereocenters. The molecule has 0 aliphatic carbocycles. The van der Waals surface area contributed by atoms with Crippen molar-refractivity contribution in [1.29, 1.82) is 0 Å². The maximum Gasteiger partial charge on any atom is 0.151 e. The van der Waals surface area contributed by atoms with E-state index in [1.54, 1.807) is 0 Å². The molecule has 0 aliphatic heterocycles. The van der Waals surface area contributed by atoms with E-state index in [4.69, 9.17) is 14.2 Å². The Bertz CT molecular complexity index is 870. The van der Waals surface area contributed by atoms with E-state index in [9.17, 15) is 9.90 Å². The van der Waals surface area contributed by atoms with E-state index in [0.29, 0.717) is 12.9 Å². The highest BCUT2D eigenvalue weighted by molar-refractivity contribution is 5.57. The second-order valence-corrected chi connectivity index (χ2v) is 7.18. The molecule has 0 unspecified atom stereocenters. The number of carbonyl (C=O) groups excluding carboxylic acids is 1. The Hall–Kier alpha value is -2.83. The van der Waals surface area contributed by atoms with E-state index in [-0.39, 0.29) is 19.8 Å². The highest BCUT2D eigenvalue weighted by atomic mass is 16.6. The van der Waals surface area contributed by atoms with Crippen LogP contribution < -0.4 is 0 Å². The highest BCUT2D eigenvalue weighted by Crippen LogP contribution is 2.17. The van der Waals surface area contributed by atoms with Crippen molar-refractivity contribution < 1.29 is 24.1 Å². The molecule has 162 valence electrons.